The number of anilines is 2. The first-order valence-corrected chi connectivity index (χ1v) is 13.3. The van der Waals surface area contributed by atoms with Crippen LogP contribution >= 0.6 is 0 Å². The van der Waals surface area contributed by atoms with Crippen molar-refractivity contribution in [2.75, 3.05) is 51.2 Å². The average molecular weight is 571 g/mol. The van der Waals surface area contributed by atoms with Crippen molar-refractivity contribution < 1.29 is 32.5 Å². The number of rotatable bonds is 10. The highest BCUT2D eigenvalue weighted by atomic mass is 19.1. The van der Waals surface area contributed by atoms with Gasteiger partial charge in [-0.15, -0.1) is 0 Å². The van der Waals surface area contributed by atoms with E-state index in [1.165, 1.54) is 26.4 Å². The second kappa shape index (κ2) is 12.6. The van der Waals surface area contributed by atoms with Crippen molar-refractivity contribution in [2.45, 2.75) is 37.5 Å². The van der Waals surface area contributed by atoms with Crippen LogP contribution in [0.25, 0.3) is 22.2 Å². The molecule has 1 unspecified atom stereocenters. The molecule has 3 atom stereocenters. The van der Waals surface area contributed by atoms with E-state index in [-0.39, 0.29) is 47.2 Å². The summed E-state index contributed by atoms with van der Waals surface area (Å²) < 4.78 is 52.3. The first-order valence-electron chi connectivity index (χ1n) is 13.3. The monoisotopic (exact) mass is 570 g/mol. The van der Waals surface area contributed by atoms with Gasteiger partial charge in [0.05, 0.1) is 50.3 Å². The minimum absolute atomic E-state index is 0.0109. The number of methoxy groups -OCH3 is 2. The molecule has 2 aliphatic rings. The Balaban J connectivity index is 1.54. The van der Waals surface area contributed by atoms with Crippen molar-refractivity contribution in [3.8, 4) is 22.8 Å². The zero-order chi connectivity index (χ0) is 28.9. The molecule has 13 heteroatoms. The van der Waals surface area contributed by atoms with Crippen molar-refractivity contribution in [1.82, 2.24) is 20.3 Å². The lowest BCUT2D eigenvalue weighted by Gasteiger charge is -2.32. The van der Waals surface area contributed by atoms with Crippen molar-refractivity contribution >= 4 is 28.6 Å². The SMILES string of the molecule is C=CC(=O)N[C@H]1CCOC[C@H]1Nc1ncc2cc(-c3c(F)c(OC)cc(OC)c3F)nc(NCC3CCCO3)c2n1. The average Bonchev–Trinajstić information content (AvgIpc) is 3.51. The predicted molar refractivity (Wildman–Crippen MR) is 148 cm³/mol. The number of nitrogens with one attached hydrogen (secondary N) is 3. The highest BCUT2D eigenvalue weighted by Gasteiger charge is 2.28. The maximum Gasteiger partial charge on any atom is 0.243 e. The van der Waals surface area contributed by atoms with Gasteiger partial charge in [0.1, 0.15) is 5.52 Å². The van der Waals surface area contributed by atoms with Gasteiger partial charge >= 0.3 is 0 Å². The van der Waals surface area contributed by atoms with Crippen molar-refractivity contribution in [2.24, 2.45) is 0 Å². The Morgan fingerprint density at radius 1 is 1.12 bits per heavy atom. The van der Waals surface area contributed by atoms with E-state index in [0.717, 1.165) is 18.9 Å². The van der Waals surface area contributed by atoms with E-state index >= 15 is 8.78 Å². The summed E-state index contributed by atoms with van der Waals surface area (Å²) in [6.07, 6.45) is 5.16. The molecule has 218 valence electrons. The highest BCUT2D eigenvalue weighted by Crippen LogP contribution is 2.38. The van der Waals surface area contributed by atoms with Gasteiger partial charge in [-0.1, -0.05) is 6.58 Å². The molecule has 2 fully saturated rings. The van der Waals surface area contributed by atoms with E-state index < -0.39 is 17.2 Å². The van der Waals surface area contributed by atoms with E-state index in [0.29, 0.717) is 49.5 Å². The number of fused-ring (bicyclic) bond motifs is 1. The lowest BCUT2D eigenvalue weighted by atomic mass is 10.0. The van der Waals surface area contributed by atoms with Crippen LogP contribution in [0, 0.1) is 11.6 Å². The molecular weight excluding hydrogens is 538 g/mol. The summed E-state index contributed by atoms with van der Waals surface area (Å²) in [4.78, 5) is 25.6. The van der Waals surface area contributed by atoms with Crippen LogP contribution in [-0.4, -0.2) is 79.6 Å². The molecule has 0 bridgehead atoms. The van der Waals surface area contributed by atoms with E-state index in [2.05, 4.69) is 37.5 Å². The van der Waals surface area contributed by atoms with Gasteiger partial charge in [-0.05, 0) is 31.4 Å². The molecule has 2 aliphatic heterocycles. The maximum absolute atomic E-state index is 15.4. The summed E-state index contributed by atoms with van der Waals surface area (Å²) in [5.41, 5.74) is 0.0469. The van der Waals surface area contributed by atoms with Gasteiger partial charge in [0.25, 0.3) is 0 Å². The fourth-order valence-corrected chi connectivity index (χ4v) is 4.95. The van der Waals surface area contributed by atoms with Gasteiger partial charge in [-0.25, -0.2) is 23.7 Å². The quantitative estimate of drug-likeness (QED) is 0.312. The smallest absolute Gasteiger partial charge is 0.243 e. The number of ether oxygens (including phenoxy) is 4. The van der Waals surface area contributed by atoms with Crippen LogP contribution in [0.2, 0.25) is 0 Å². The number of benzene rings is 1. The molecule has 3 N–H and O–H groups in total. The van der Waals surface area contributed by atoms with Gasteiger partial charge < -0.3 is 34.9 Å². The van der Waals surface area contributed by atoms with Crippen LogP contribution in [0.15, 0.2) is 31.0 Å². The summed E-state index contributed by atoms with van der Waals surface area (Å²) in [7, 11) is 2.57. The zero-order valence-electron chi connectivity index (χ0n) is 22.8. The minimum Gasteiger partial charge on any atom is -0.494 e. The molecule has 0 aliphatic carbocycles. The Kier molecular flexibility index (Phi) is 8.74. The molecule has 11 nitrogen and oxygen atoms in total. The lowest BCUT2D eigenvalue weighted by Crippen LogP contribution is -2.52. The number of aromatic nitrogens is 3. The standard InChI is InChI=1S/C28H32F2N6O5/c1-4-22(37)33-17-7-9-40-14-19(17)35-28-32-12-15-10-18(23-24(29)20(38-2)11-21(39-3)25(23)30)34-27(26(15)36-28)31-13-16-6-5-8-41-16/h4,10-12,16-17,19H,1,5-9,13-14H2,2-3H3,(H,31,34)(H,33,37)(H,32,35,36)/t16?,17-,19+/m0/s1. The Morgan fingerprint density at radius 3 is 2.59 bits per heavy atom. The van der Waals surface area contributed by atoms with Crippen LogP contribution in [0.4, 0.5) is 20.5 Å². The molecule has 2 saturated heterocycles. The molecule has 5 rings (SSSR count). The van der Waals surface area contributed by atoms with E-state index in [1.807, 2.05) is 0 Å². The predicted octanol–water partition coefficient (Wildman–Crippen LogP) is 3.45. The summed E-state index contributed by atoms with van der Waals surface area (Å²) >= 11 is 0. The third-order valence-electron chi connectivity index (χ3n) is 7.10. The Morgan fingerprint density at radius 2 is 1.90 bits per heavy atom. The van der Waals surface area contributed by atoms with Crippen molar-refractivity contribution in [1.29, 1.82) is 0 Å². The molecule has 0 saturated carbocycles. The van der Waals surface area contributed by atoms with Crippen molar-refractivity contribution in [3.05, 3.63) is 42.6 Å². The number of carbonyl (C=O) groups is 1. The third-order valence-corrected chi connectivity index (χ3v) is 7.10. The number of halogens is 2. The van der Waals surface area contributed by atoms with Gasteiger partial charge in [0, 0.05) is 37.4 Å². The summed E-state index contributed by atoms with van der Waals surface area (Å²) in [6.45, 7) is 5.45. The summed E-state index contributed by atoms with van der Waals surface area (Å²) in [5, 5.41) is 9.90. The van der Waals surface area contributed by atoms with E-state index in [9.17, 15) is 4.79 Å². The van der Waals surface area contributed by atoms with Gasteiger partial charge in [0.2, 0.25) is 11.9 Å². The number of amides is 1. The number of pyridine rings is 1. The zero-order valence-corrected chi connectivity index (χ0v) is 22.8. The van der Waals surface area contributed by atoms with E-state index in [1.54, 1.807) is 6.20 Å². The van der Waals surface area contributed by atoms with Crippen LogP contribution in [0.3, 0.4) is 0 Å². The molecule has 0 radical (unpaired) electrons. The molecule has 3 aromatic rings. The second-order valence-electron chi connectivity index (χ2n) is 9.72. The molecule has 2 aromatic heterocycles. The Labute approximate surface area is 235 Å². The van der Waals surface area contributed by atoms with E-state index in [4.69, 9.17) is 18.9 Å². The lowest BCUT2D eigenvalue weighted by molar-refractivity contribution is -0.117. The van der Waals surface area contributed by atoms with Crippen LogP contribution < -0.4 is 25.4 Å². The minimum atomic E-state index is -0.910. The van der Waals surface area contributed by atoms with Gasteiger partial charge in [-0.3, -0.25) is 4.79 Å². The second-order valence-corrected chi connectivity index (χ2v) is 9.72. The highest BCUT2D eigenvalue weighted by molar-refractivity contribution is 5.92. The number of nitrogens with zero attached hydrogens (tertiary/aromatic N) is 3. The molecular formula is C28H32F2N6O5. The number of carbonyl (C=O) groups excluding carboxylic acids is 1. The largest absolute Gasteiger partial charge is 0.494 e. The topological polar surface area (TPSA) is 129 Å². The number of hydrogen-bond acceptors (Lipinski definition) is 10. The maximum atomic E-state index is 15.4. The van der Waals surface area contributed by atoms with Crippen LogP contribution in [0.5, 0.6) is 11.5 Å². The fourth-order valence-electron chi connectivity index (χ4n) is 4.95. The molecule has 4 heterocycles. The summed E-state index contributed by atoms with van der Waals surface area (Å²) in [5.74, 6) is -1.89. The summed E-state index contributed by atoms with van der Waals surface area (Å²) in [6, 6.07) is 2.13. The van der Waals surface area contributed by atoms with Crippen molar-refractivity contribution in [3.63, 3.8) is 0 Å². The van der Waals surface area contributed by atoms with Gasteiger partial charge in [-0.2, -0.15) is 0 Å². The Bertz CT molecular complexity index is 1410. The van der Waals surface area contributed by atoms with Crippen LogP contribution in [-0.2, 0) is 14.3 Å². The third kappa shape index (κ3) is 6.15. The van der Waals surface area contributed by atoms with Crippen LogP contribution in [0.1, 0.15) is 19.3 Å². The first-order chi connectivity index (χ1) is 19.9. The molecule has 1 aromatic carbocycles. The number of hydrogen-bond donors (Lipinski definition) is 3. The fraction of sp³-hybridized carbons (Fsp3) is 0.429. The van der Waals surface area contributed by atoms with Gasteiger partial charge in [0.15, 0.2) is 29.0 Å². The normalized spacial score (nSPS) is 20.4. The molecule has 1 amide bonds. The molecule has 0 spiro atoms. The molecule has 41 heavy (non-hydrogen) atoms. The first kappa shape index (κ1) is 28.4. The Hall–Kier alpha value is -4.10.